The Hall–Kier alpha value is -3.29. The number of anilines is 1. The van der Waals surface area contributed by atoms with Crippen molar-refractivity contribution in [2.75, 3.05) is 11.6 Å². The fraction of sp³-hybridized carbons (Fsp3) is 0.242. The number of benzene rings is 4. The first kappa shape index (κ1) is 26.0. The summed E-state index contributed by atoms with van der Waals surface area (Å²) in [7, 11) is 0. The van der Waals surface area contributed by atoms with E-state index in [4.69, 9.17) is 19.3 Å². The number of nitrogens with zero attached hydrogens (tertiary/aromatic N) is 2. The van der Waals surface area contributed by atoms with Crippen molar-refractivity contribution in [1.29, 1.82) is 0 Å². The van der Waals surface area contributed by atoms with Crippen molar-refractivity contribution >= 4 is 27.3 Å². The molecule has 0 radical (unpaired) electrons. The van der Waals surface area contributed by atoms with Gasteiger partial charge in [-0.05, 0) is 41.0 Å². The first-order valence-corrected chi connectivity index (χ1v) is 14.1. The molecule has 0 aromatic heterocycles. The van der Waals surface area contributed by atoms with Gasteiger partial charge in [0.2, 0.25) is 0 Å². The molecule has 6 rings (SSSR count). The van der Waals surface area contributed by atoms with Crippen molar-refractivity contribution in [3.05, 3.63) is 136 Å². The largest absolute Gasteiger partial charge is 0.370 e. The van der Waals surface area contributed by atoms with Gasteiger partial charge in [-0.2, -0.15) is 5.10 Å². The van der Waals surface area contributed by atoms with E-state index in [1.165, 1.54) is 0 Å². The lowest BCUT2D eigenvalue weighted by Gasteiger charge is -2.28. The van der Waals surface area contributed by atoms with Gasteiger partial charge in [0, 0.05) is 4.47 Å². The zero-order valence-electron chi connectivity index (χ0n) is 21.6. The second kappa shape index (κ2) is 12.3. The van der Waals surface area contributed by atoms with Crippen molar-refractivity contribution in [1.82, 2.24) is 0 Å². The standard InChI is InChI=1S/C33H31BrN2O3/c34-27-16-18-28(19-17-27)36-20-29-30(35-36)32(38-22-25-12-6-2-7-13-25)33(39-23-26-14-8-3-9-15-26)31(29)37-21-24-10-4-1-5-11-24/h1-19,29,31-33H,20-23H2/t29-,31+,32-,33-/m0/s1. The Morgan fingerprint density at radius 1 is 0.615 bits per heavy atom. The van der Waals surface area contributed by atoms with E-state index in [0.29, 0.717) is 26.4 Å². The number of hydrazone groups is 1. The lowest BCUT2D eigenvalue weighted by Crippen LogP contribution is -2.39. The fourth-order valence-corrected chi connectivity index (χ4v) is 5.55. The molecule has 1 aliphatic carbocycles. The number of fused-ring (bicyclic) bond motifs is 1. The molecular formula is C33H31BrN2O3. The van der Waals surface area contributed by atoms with Crippen LogP contribution in [0.2, 0.25) is 0 Å². The van der Waals surface area contributed by atoms with Crippen molar-refractivity contribution in [3.8, 4) is 0 Å². The summed E-state index contributed by atoms with van der Waals surface area (Å²) < 4.78 is 21.0. The second-order valence-electron chi connectivity index (χ2n) is 9.93. The Bertz CT molecular complexity index is 1370. The van der Waals surface area contributed by atoms with Crippen LogP contribution in [0.4, 0.5) is 5.69 Å². The maximum absolute atomic E-state index is 6.67. The summed E-state index contributed by atoms with van der Waals surface area (Å²) >= 11 is 3.54. The third-order valence-electron chi connectivity index (χ3n) is 7.26. The molecule has 0 bridgehead atoms. The van der Waals surface area contributed by atoms with Crippen LogP contribution in [0.1, 0.15) is 16.7 Å². The van der Waals surface area contributed by atoms with Gasteiger partial charge in [0.05, 0.1) is 49.8 Å². The third-order valence-corrected chi connectivity index (χ3v) is 7.79. The number of rotatable bonds is 10. The highest BCUT2D eigenvalue weighted by atomic mass is 79.9. The molecule has 0 spiro atoms. The molecule has 198 valence electrons. The molecule has 4 aromatic carbocycles. The molecule has 5 nitrogen and oxygen atoms in total. The Labute approximate surface area is 238 Å². The van der Waals surface area contributed by atoms with Crippen molar-refractivity contribution in [2.45, 2.75) is 38.1 Å². The Kier molecular flexibility index (Phi) is 8.16. The summed E-state index contributed by atoms with van der Waals surface area (Å²) in [6.07, 6.45) is -0.803. The Morgan fingerprint density at radius 3 is 1.64 bits per heavy atom. The average Bonchev–Trinajstić information content (AvgIpc) is 3.53. The van der Waals surface area contributed by atoms with Gasteiger partial charge in [-0.3, -0.25) is 5.01 Å². The first-order valence-electron chi connectivity index (χ1n) is 13.3. The summed E-state index contributed by atoms with van der Waals surface area (Å²) in [6, 6.07) is 39.1. The SMILES string of the molecule is Brc1ccc(N2C[C@H]3C(=N2)[C@H](OCc2ccccc2)[C@@H](OCc2ccccc2)[C@@H]3OCc2ccccc2)cc1. The maximum atomic E-state index is 6.67. The van der Waals surface area contributed by atoms with Gasteiger partial charge >= 0.3 is 0 Å². The van der Waals surface area contributed by atoms with E-state index in [2.05, 4.69) is 69.5 Å². The number of hydrogen-bond donors (Lipinski definition) is 0. The minimum absolute atomic E-state index is 0.0545. The van der Waals surface area contributed by atoms with Gasteiger partial charge in [-0.1, -0.05) is 107 Å². The molecular weight excluding hydrogens is 552 g/mol. The number of halogens is 1. The zero-order chi connectivity index (χ0) is 26.4. The minimum Gasteiger partial charge on any atom is -0.370 e. The second-order valence-corrected chi connectivity index (χ2v) is 10.8. The molecule has 1 heterocycles. The van der Waals surface area contributed by atoms with Gasteiger partial charge in [-0.15, -0.1) is 0 Å². The highest BCUT2D eigenvalue weighted by molar-refractivity contribution is 9.10. The molecule has 1 saturated carbocycles. The average molecular weight is 584 g/mol. The highest BCUT2D eigenvalue weighted by Crippen LogP contribution is 2.39. The molecule has 4 aromatic rings. The smallest absolute Gasteiger partial charge is 0.127 e. The topological polar surface area (TPSA) is 43.3 Å². The van der Waals surface area contributed by atoms with Crippen LogP contribution in [-0.2, 0) is 34.0 Å². The molecule has 4 atom stereocenters. The van der Waals surface area contributed by atoms with Gasteiger partial charge in [0.1, 0.15) is 12.2 Å². The first-order chi connectivity index (χ1) is 19.2. The molecule has 39 heavy (non-hydrogen) atoms. The monoisotopic (exact) mass is 582 g/mol. The van der Waals surface area contributed by atoms with Crippen LogP contribution >= 0.6 is 15.9 Å². The summed E-state index contributed by atoms with van der Waals surface area (Å²) in [6.45, 7) is 2.18. The van der Waals surface area contributed by atoms with Crippen LogP contribution < -0.4 is 5.01 Å². The maximum Gasteiger partial charge on any atom is 0.127 e. The van der Waals surface area contributed by atoms with E-state index >= 15 is 0 Å². The van der Waals surface area contributed by atoms with Gasteiger partial charge in [-0.25, -0.2) is 0 Å². The highest BCUT2D eigenvalue weighted by Gasteiger charge is 2.54. The van der Waals surface area contributed by atoms with Crippen molar-refractivity contribution in [2.24, 2.45) is 11.0 Å². The summed E-state index contributed by atoms with van der Waals surface area (Å²) in [5, 5.41) is 7.17. The third kappa shape index (κ3) is 6.15. The number of ether oxygens (including phenoxy) is 3. The predicted octanol–water partition coefficient (Wildman–Crippen LogP) is 7.01. The van der Waals surface area contributed by atoms with Crippen LogP contribution in [0.3, 0.4) is 0 Å². The molecule has 1 aliphatic heterocycles. The minimum atomic E-state index is -0.319. The lowest BCUT2D eigenvalue weighted by molar-refractivity contribution is -0.123. The summed E-state index contributed by atoms with van der Waals surface area (Å²) in [5.74, 6) is 0.0545. The van der Waals surface area contributed by atoms with Crippen LogP contribution in [0.25, 0.3) is 0 Å². The number of hydrogen-bond acceptors (Lipinski definition) is 5. The molecule has 0 unspecified atom stereocenters. The normalized spacial score (nSPS) is 22.1. The molecule has 6 heteroatoms. The van der Waals surface area contributed by atoms with Crippen LogP contribution in [-0.4, -0.2) is 30.6 Å². The summed E-state index contributed by atoms with van der Waals surface area (Å²) in [5.41, 5.74) is 5.41. The van der Waals surface area contributed by atoms with Crippen molar-refractivity contribution < 1.29 is 14.2 Å². The van der Waals surface area contributed by atoms with E-state index in [0.717, 1.165) is 32.6 Å². The quantitative estimate of drug-likeness (QED) is 0.202. The van der Waals surface area contributed by atoms with Crippen LogP contribution in [0, 0.1) is 5.92 Å². The summed E-state index contributed by atoms with van der Waals surface area (Å²) in [4.78, 5) is 0. The van der Waals surface area contributed by atoms with Crippen LogP contribution in [0.5, 0.6) is 0 Å². The van der Waals surface area contributed by atoms with Crippen LogP contribution in [0.15, 0.2) is 125 Å². The van der Waals surface area contributed by atoms with Gasteiger partial charge in [0.15, 0.2) is 0 Å². The van der Waals surface area contributed by atoms with E-state index in [9.17, 15) is 0 Å². The molecule has 0 amide bonds. The molecule has 2 aliphatic rings. The van der Waals surface area contributed by atoms with E-state index in [1.54, 1.807) is 0 Å². The predicted molar refractivity (Wildman–Crippen MR) is 157 cm³/mol. The Morgan fingerprint density at radius 2 is 1.10 bits per heavy atom. The van der Waals surface area contributed by atoms with Gasteiger partial charge in [0.25, 0.3) is 0 Å². The Balaban J connectivity index is 1.30. The lowest BCUT2D eigenvalue weighted by atomic mass is 10.0. The van der Waals surface area contributed by atoms with E-state index in [-0.39, 0.29) is 24.2 Å². The molecule has 1 fully saturated rings. The van der Waals surface area contributed by atoms with E-state index in [1.807, 2.05) is 66.7 Å². The fourth-order valence-electron chi connectivity index (χ4n) is 5.29. The molecule has 0 N–H and O–H groups in total. The van der Waals surface area contributed by atoms with Crippen molar-refractivity contribution in [3.63, 3.8) is 0 Å². The van der Waals surface area contributed by atoms with Gasteiger partial charge < -0.3 is 14.2 Å². The molecule has 0 saturated heterocycles. The zero-order valence-corrected chi connectivity index (χ0v) is 23.2. The van der Waals surface area contributed by atoms with E-state index < -0.39 is 0 Å².